The van der Waals surface area contributed by atoms with Crippen molar-refractivity contribution >= 4 is 11.8 Å². The highest BCUT2D eigenvalue weighted by Gasteiger charge is 2.33. The van der Waals surface area contributed by atoms with Crippen LogP contribution in [0.2, 0.25) is 0 Å². The Hall–Kier alpha value is -2.24. The predicted octanol–water partition coefficient (Wildman–Crippen LogP) is 3.07. The van der Waals surface area contributed by atoms with Gasteiger partial charge in [-0.05, 0) is 49.9 Å². The summed E-state index contributed by atoms with van der Waals surface area (Å²) >= 11 is 0. The highest BCUT2D eigenvalue weighted by atomic mass is 16.2. The number of hydrogen-bond donors (Lipinski definition) is 1. The fraction of sp³-hybridized carbons (Fsp3) is 0.636. The van der Waals surface area contributed by atoms with Crippen molar-refractivity contribution in [1.29, 1.82) is 0 Å². The lowest BCUT2D eigenvalue weighted by atomic mass is 9.69. The maximum Gasteiger partial charge on any atom is 0.271 e. The molecule has 1 aliphatic heterocycles. The Bertz CT molecular complexity index is 711. The number of rotatable bonds is 6. The van der Waals surface area contributed by atoms with Crippen LogP contribution in [0.25, 0.3) is 0 Å². The molecule has 2 aliphatic rings. The van der Waals surface area contributed by atoms with Crippen LogP contribution in [-0.4, -0.2) is 46.3 Å². The normalized spacial score (nSPS) is 24.9. The number of nitrogens with one attached hydrogen (secondary N) is 1. The molecule has 0 bridgehead atoms. The van der Waals surface area contributed by atoms with Gasteiger partial charge >= 0.3 is 0 Å². The van der Waals surface area contributed by atoms with E-state index in [9.17, 15) is 9.59 Å². The largest absolute Gasteiger partial charge is 0.350 e. The second-order valence-corrected chi connectivity index (χ2v) is 8.51. The molecule has 6 nitrogen and oxygen atoms in total. The first kappa shape index (κ1) is 20.5. The van der Waals surface area contributed by atoms with Gasteiger partial charge in [0.05, 0.1) is 6.20 Å². The van der Waals surface area contributed by atoms with E-state index in [0.717, 1.165) is 32.4 Å². The average Bonchev–Trinajstić information content (AvgIpc) is 3.23. The molecule has 1 aliphatic carbocycles. The topological polar surface area (TPSA) is 75.2 Å². The number of carbonyl (C=O) groups excluding carboxylic acids is 2. The summed E-state index contributed by atoms with van der Waals surface area (Å²) < 4.78 is 0. The van der Waals surface area contributed by atoms with E-state index in [4.69, 9.17) is 0 Å². The summed E-state index contributed by atoms with van der Waals surface area (Å²) in [5.74, 6) is 1.64. The van der Waals surface area contributed by atoms with E-state index < -0.39 is 0 Å². The van der Waals surface area contributed by atoms with Crippen LogP contribution in [-0.2, 0) is 4.79 Å². The molecule has 3 atom stereocenters. The molecule has 1 saturated heterocycles. The first-order chi connectivity index (χ1) is 13.5. The molecule has 6 heteroatoms. The number of nitrogens with zero attached hydrogens (tertiary/aromatic N) is 3. The SMILES string of the molecule is CC1=CC(CNC(=O)c2cnccn2)C(C(C)C)CC1CC(=O)N1CCCC1. The minimum atomic E-state index is -0.187. The molecule has 0 radical (unpaired) electrons. The number of likely N-dealkylation sites (tertiary alicyclic amines) is 1. The molecular weight excluding hydrogens is 352 g/mol. The zero-order chi connectivity index (χ0) is 20.1. The van der Waals surface area contributed by atoms with Crippen molar-refractivity contribution < 1.29 is 9.59 Å². The Morgan fingerprint density at radius 2 is 2.00 bits per heavy atom. The van der Waals surface area contributed by atoms with Crippen molar-refractivity contribution in [3.63, 3.8) is 0 Å². The lowest BCUT2D eigenvalue weighted by Crippen LogP contribution is -2.38. The molecule has 3 unspecified atom stereocenters. The first-order valence-corrected chi connectivity index (χ1v) is 10.5. The van der Waals surface area contributed by atoms with Crippen LogP contribution in [0, 0.1) is 23.7 Å². The molecular formula is C22H32N4O2. The van der Waals surface area contributed by atoms with Gasteiger partial charge in [0.25, 0.3) is 5.91 Å². The fourth-order valence-electron chi connectivity index (χ4n) is 4.53. The molecule has 0 spiro atoms. The number of hydrogen-bond acceptors (Lipinski definition) is 4. The second-order valence-electron chi connectivity index (χ2n) is 8.51. The average molecular weight is 385 g/mol. The Morgan fingerprint density at radius 1 is 1.25 bits per heavy atom. The van der Waals surface area contributed by atoms with Gasteiger partial charge in [0.1, 0.15) is 5.69 Å². The van der Waals surface area contributed by atoms with E-state index in [1.807, 2.05) is 4.90 Å². The molecule has 0 aromatic carbocycles. The van der Waals surface area contributed by atoms with Gasteiger partial charge in [-0.1, -0.05) is 25.5 Å². The van der Waals surface area contributed by atoms with Gasteiger partial charge in [0, 0.05) is 38.4 Å². The van der Waals surface area contributed by atoms with Gasteiger partial charge in [0.2, 0.25) is 5.91 Å². The van der Waals surface area contributed by atoms with Crippen LogP contribution in [0.1, 0.15) is 56.9 Å². The van der Waals surface area contributed by atoms with Gasteiger partial charge in [-0.2, -0.15) is 0 Å². The molecule has 1 fully saturated rings. The molecule has 1 aromatic rings. The van der Waals surface area contributed by atoms with E-state index in [2.05, 4.69) is 42.1 Å². The van der Waals surface area contributed by atoms with Gasteiger partial charge in [-0.3, -0.25) is 14.6 Å². The van der Waals surface area contributed by atoms with Gasteiger partial charge < -0.3 is 10.2 Å². The predicted molar refractivity (Wildman–Crippen MR) is 108 cm³/mol. The summed E-state index contributed by atoms with van der Waals surface area (Å²) in [6, 6.07) is 0. The summed E-state index contributed by atoms with van der Waals surface area (Å²) in [6.45, 7) is 9.02. The summed E-state index contributed by atoms with van der Waals surface area (Å²) in [7, 11) is 0. The molecule has 3 rings (SSSR count). The summed E-state index contributed by atoms with van der Waals surface area (Å²) in [5, 5.41) is 3.01. The van der Waals surface area contributed by atoms with Crippen LogP contribution >= 0.6 is 0 Å². The number of allylic oxidation sites excluding steroid dienone is 1. The summed E-state index contributed by atoms with van der Waals surface area (Å²) in [5.41, 5.74) is 1.62. The van der Waals surface area contributed by atoms with Gasteiger partial charge in [-0.25, -0.2) is 4.98 Å². The fourth-order valence-corrected chi connectivity index (χ4v) is 4.53. The Balaban J connectivity index is 1.63. The number of amides is 2. The molecule has 28 heavy (non-hydrogen) atoms. The van der Waals surface area contributed by atoms with Crippen molar-refractivity contribution in [2.45, 2.75) is 46.5 Å². The quantitative estimate of drug-likeness (QED) is 0.765. The standard InChI is InChI=1S/C22H32N4O2/c1-15(2)19-11-17(12-21(27)26-8-4-5-9-26)16(3)10-18(19)13-25-22(28)20-14-23-6-7-24-20/h6-7,10,14-15,17-19H,4-5,8-9,11-13H2,1-3H3,(H,25,28). The van der Waals surface area contributed by atoms with Crippen LogP contribution in [0.3, 0.4) is 0 Å². The Morgan fingerprint density at radius 3 is 2.64 bits per heavy atom. The third kappa shape index (κ3) is 4.97. The van der Waals surface area contributed by atoms with E-state index in [0.29, 0.717) is 42.3 Å². The lowest BCUT2D eigenvalue weighted by Gasteiger charge is -2.37. The van der Waals surface area contributed by atoms with Crippen molar-refractivity contribution in [1.82, 2.24) is 20.2 Å². The molecule has 2 heterocycles. The number of aromatic nitrogens is 2. The monoisotopic (exact) mass is 384 g/mol. The smallest absolute Gasteiger partial charge is 0.271 e. The third-order valence-corrected chi connectivity index (χ3v) is 6.26. The van der Waals surface area contributed by atoms with Crippen molar-refractivity contribution in [2.24, 2.45) is 23.7 Å². The maximum absolute atomic E-state index is 12.6. The van der Waals surface area contributed by atoms with E-state index in [1.165, 1.54) is 18.0 Å². The second kappa shape index (κ2) is 9.30. The first-order valence-electron chi connectivity index (χ1n) is 10.5. The van der Waals surface area contributed by atoms with E-state index in [-0.39, 0.29) is 11.8 Å². The Labute approximate surface area is 167 Å². The van der Waals surface area contributed by atoms with E-state index in [1.54, 1.807) is 6.20 Å². The van der Waals surface area contributed by atoms with Crippen molar-refractivity contribution in [3.05, 3.63) is 35.9 Å². The molecule has 1 N–H and O–H groups in total. The number of carbonyl (C=O) groups is 2. The summed E-state index contributed by atoms with van der Waals surface area (Å²) in [6.07, 6.45) is 10.7. The van der Waals surface area contributed by atoms with Crippen LogP contribution < -0.4 is 5.32 Å². The van der Waals surface area contributed by atoms with Crippen molar-refractivity contribution in [3.8, 4) is 0 Å². The minimum absolute atomic E-state index is 0.187. The highest BCUT2D eigenvalue weighted by molar-refractivity contribution is 5.91. The lowest BCUT2D eigenvalue weighted by molar-refractivity contribution is -0.131. The zero-order valence-electron chi connectivity index (χ0n) is 17.2. The zero-order valence-corrected chi connectivity index (χ0v) is 17.2. The van der Waals surface area contributed by atoms with Gasteiger partial charge in [-0.15, -0.1) is 0 Å². The molecule has 152 valence electrons. The molecule has 2 amide bonds. The van der Waals surface area contributed by atoms with Crippen molar-refractivity contribution in [2.75, 3.05) is 19.6 Å². The Kier molecular flexibility index (Phi) is 6.81. The summed E-state index contributed by atoms with van der Waals surface area (Å²) in [4.78, 5) is 35.0. The van der Waals surface area contributed by atoms with E-state index >= 15 is 0 Å². The van der Waals surface area contributed by atoms with Crippen LogP contribution in [0.5, 0.6) is 0 Å². The molecule has 0 saturated carbocycles. The van der Waals surface area contributed by atoms with Gasteiger partial charge in [0.15, 0.2) is 0 Å². The van der Waals surface area contributed by atoms with Crippen LogP contribution in [0.4, 0.5) is 0 Å². The highest BCUT2D eigenvalue weighted by Crippen LogP contribution is 2.39. The molecule has 1 aromatic heterocycles. The third-order valence-electron chi connectivity index (χ3n) is 6.26. The van der Waals surface area contributed by atoms with Crippen LogP contribution in [0.15, 0.2) is 30.2 Å². The maximum atomic E-state index is 12.6. The minimum Gasteiger partial charge on any atom is -0.350 e.